The molecule has 2 nitrogen and oxygen atoms in total. The minimum Gasteiger partial charge on any atom is -0.316 e. The Labute approximate surface area is 116 Å². The Balaban J connectivity index is 2.05. The molecule has 1 aromatic rings. The zero-order valence-electron chi connectivity index (χ0n) is 12.3. The van der Waals surface area contributed by atoms with E-state index in [1.54, 1.807) is 0 Å². The molecule has 0 bridgehead atoms. The van der Waals surface area contributed by atoms with Crippen LogP contribution in [0.3, 0.4) is 0 Å². The fraction of sp³-hybridized carbons (Fsp3) is 0.588. The number of carbonyl (C=O) groups excluding carboxylic acids is 1. The minimum atomic E-state index is -0.225. The molecule has 1 atom stereocenters. The van der Waals surface area contributed by atoms with Crippen LogP contribution in [0.25, 0.3) is 0 Å². The number of carbonyl (C=O) groups is 1. The molecule has 1 heterocycles. The molecule has 2 heteroatoms. The SMILES string of the molecule is Cc1cccc(CC(=O)C(C)(C)C2CCCNC2)c1. The van der Waals surface area contributed by atoms with Gasteiger partial charge in [0.1, 0.15) is 5.78 Å². The Kier molecular flexibility index (Phi) is 4.41. The number of rotatable bonds is 4. The van der Waals surface area contributed by atoms with Gasteiger partial charge in [0, 0.05) is 11.8 Å². The number of nitrogens with one attached hydrogen (secondary N) is 1. The monoisotopic (exact) mass is 259 g/mol. The summed E-state index contributed by atoms with van der Waals surface area (Å²) in [6.07, 6.45) is 2.91. The van der Waals surface area contributed by atoms with Gasteiger partial charge in [-0.3, -0.25) is 4.79 Å². The van der Waals surface area contributed by atoms with Crippen molar-refractivity contribution < 1.29 is 4.79 Å². The second kappa shape index (κ2) is 5.87. The van der Waals surface area contributed by atoms with Crippen LogP contribution >= 0.6 is 0 Å². The van der Waals surface area contributed by atoms with Gasteiger partial charge in [0.05, 0.1) is 0 Å². The molecule has 1 aliphatic heterocycles. The third-order valence-corrected chi connectivity index (χ3v) is 4.48. The standard InChI is InChI=1S/C17H25NO/c1-13-6-4-7-14(10-13)11-16(19)17(2,3)15-8-5-9-18-12-15/h4,6-7,10,15,18H,5,8-9,11-12H2,1-3H3. The van der Waals surface area contributed by atoms with E-state index in [0.29, 0.717) is 18.1 Å². The van der Waals surface area contributed by atoms with Crippen LogP contribution < -0.4 is 5.32 Å². The van der Waals surface area contributed by atoms with Crippen LogP contribution in [0.1, 0.15) is 37.8 Å². The zero-order chi connectivity index (χ0) is 13.9. The Morgan fingerprint density at radius 2 is 2.21 bits per heavy atom. The normalized spacial score (nSPS) is 20.3. The summed E-state index contributed by atoms with van der Waals surface area (Å²) < 4.78 is 0. The van der Waals surface area contributed by atoms with E-state index >= 15 is 0 Å². The largest absolute Gasteiger partial charge is 0.316 e. The summed E-state index contributed by atoms with van der Waals surface area (Å²) in [5, 5.41) is 3.42. The highest BCUT2D eigenvalue weighted by atomic mass is 16.1. The van der Waals surface area contributed by atoms with E-state index in [1.807, 2.05) is 6.07 Å². The van der Waals surface area contributed by atoms with E-state index in [2.05, 4.69) is 44.3 Å². The number of piperidine rings is 1. The van der Waals surface area contributed by atoms with Crippen LogP contribution in [0.2, 0.25) is 0 Å². The minimum absolute atomic E-state index is 0.225. The Hall–Kier alpha value is -1.15. The van der Waals surface area contributed by atoms with E-state index in [9.17, 15) is 4.79 Å². The van der Waals surface area contributed by atoms with Gasteiger partial charge in [-0.2, -0.15) is 0 Å². The van der Waals surface area contributed by atoms with Gasteiger partial charge in [0.2, 0.25) is 0 Å². The van der Waals surface area contributed by atoms with Crippen molar-refractivity contribution in [1.82, 2.24) is 5.32 Å². The molecule has 1 N–H and O–H groups in total. The molecule has 0 aliphatic carbocycles. The smallest absolute Gasteiger partial charge is 0.143 e. The number of Topliss-reactive ketones (excluding diaryl/α,β-unsaturated/α-hetero) is 1. The highest BCUT2D eigenvalue weighted by Crippen LogP contribution is 2.33. The van der Waals surface area contributed by atoms with Crippen LogP contribution in [-0.2, 0) is 11.2 Å². The molecular weight excluding hydrogens is 234 g/mol. The predicted octanol–water partition coefficient (Wildman–Crippen LogP) is 3.13. The van der Waals surface area contributed by atoms with Crippen molar-refractivity contribution in [3.8, 4) is 0 Å². The average Bonchev–Trinajstić information content (AvgIpc) is 2.39. The molecule has 1 fully saturated rings. The molecule has 0 radical (unpaired) electrons. The number of aryl methyl sites for hydroxylation is 1. The highest BCUT2D eigenvalue weighted by Gasteiger charge is 2.36. The van der Waals surface area contributed by atoms with Crippen molar-refractivity contribution in [3.63, 3.8) is 0 Å². The topological polar surface area (TPSA) is 29.1 Å². The van der Waals surface area contributed by atoms with Gasteiger partial charge in [-0.05, 0) is 44.3 Å². The lowest BCUT2D eigenvalue weighted by Crippen LogP contribution is -2.43. The van der Waals surface area contributed by atoms with Gasteiger partial charge in [-0.15, -0.1) is 0 Å². The Bertz CT molecular complexity index is 444. The maximum Gasteiger partial charge on any atom is 0.143 e. The van der Waals surface area contributed by atoms with E-state index in [4.69, 9.17) is 0 Å². The fourth-order valence-corrected chi connectivity index (χ4v) is 2.93. The molecule has 0 amide bonds. The fourth-order valence-electron chi connectivity index (χ4n) is 2.93. The third kappa shape index (κ3) is 3.44. The van der Waals surface area contributed by atoms with Gasteiger partial charge < -0.3 is 5.32 Å². The first-order valence-corrected chi connectivity index (χ1v) is 7.29. The molecule has 0 aromatic heterocycles. The van der Waals surface area contributed by atoms with Gasteiger partial charge in [0.15, 0.2) is 0 Å². The van der Waals surface area contributed by atoms with E-state index in [0.717, 1.165) is 18.7 Å². The molecule has 1 aromatic carbocycles. The van der Waals surface area contributed by atoms with Crippen molar-refractivity contribution in [3.05, 3.63) is 35.4 Å². The van der Waals surface area contributed by atoms with Crippen molar-refractivity contribution in [2.24, 2.45) is 11.3 Å². The second-order valence-electron chi connectivity index (χ2n) is 6.35. The molecule has 1 aliphatic rings. The number of ketones is 1. The van der Waals surface area contributed by atoms with Crippen molar-refractivity contribution in [1.29, 1.82) is 0 Å². The summed E-state index contributed by atoms with van der Waals surface area (Å²) >= 11 is 0. The van der Waals surface area contributed by atoms with Crippen LogP contribution in [0.5, 0.6) is 0 Å². The van der Waals surface area contributed by atoms with Crippen LogP contribution in [0.4, 0.5) is 0 Å². The number of hydrogen-bond acceptors (Lipinski definition) is 2. The van der Waals surface area contributed by atoms with Gasteiger partial charge in [-0.1, -0.05) is 43.7 Å². The van der Waals surface area contributed by atoms with Gasteiger partial charge in [0.25, 0.3) is 0 Å². The summed E-state index contributed by atoms with van der Waals surface area (Å²) in [5.41, 5.74) is 2.14. The molecule has 1 unspecified atom stereocenters. The molecular formula is C17H25NO. The summed E-state index contributed by atoms with van der Waals surface area (Å²) in [4.78, 5) is 12.6. The first-order chi connectivity index (χ1) is 9.00. The second-order valence-corrected chi connectivity index (χ2v) is 6.35. The van der Waals surface area contributed by atoms with Crippen molar-refractivity contribution in [2.75, 3.05) is 13.1 Å². The predicted molar refractivity (Wildman–Crippen MR) is 79.3 cm³/mol. The summed E-state index contributed by atoms with van der Waals surface area (Å²) in [5.74, 6) is 0.838. The van der Waals surface area contributed by atoms with Crippen LogP contribution in [-0.4, -0.2) is 18.9 Å². The van der Waals surface area contributed by atoms with Crippen LogP contribution in [0, 0.1) is 18.3 Å². The third-order valence-electron chi connectivity index (χ3n) is 4.48. The average molecular weight is 259 g/mol. The van der Waals surface area contributed by atoms with E-state index < -0.39 is 0 Å². The first-order valence-electron chi connectivity index (χ1n) is 7.29. The zero-order valence-corrected chi connectivity index (χ0v) is 12.3. The highest BCUT2D eigenvalue weighted by molar-refractivity contribution is 5.86. The maximum atomic E-state index is 12.6. The summed E-state index contributed by atoms with van der Waals surface area (Å²) in [6, 6.07) is 8.28. The lowest BCUT2D eigenvalue weighted by molar-refractivity contribution is -0.129. The van der Waals surface area contributed by atoms with Crippen molar-refractivity contribution in [2.45, 2.75) is 40.0 Å². The molecule has 0 saturated carbocycles. The van der Waals surface area contributed by atoms with E-state index in [-0.39, 0.29) is 5.41 Å². The lowest BCUT2D eigenvalue weighted by Gasteiger charge is -2.36. The molecule has 19 heavy (non-hydrogen) atoms. The summed E-state index contributed by atoms with van der Waals surface area (Å²) in [6.45, 7) is 8.38. The van der Waals surface area contributed by atoms with Gasteiger partial charge in [-0.25, -0.2) is 0 Å². The number of hydrogen-bond donors (Lipinski definition) is 1. The van der Waals surface area contributed by atoms with Gasteiger partial charge >= 0.3 is 0 Å². The maximum absolute atomic E-state index is 12.6. The summed E-state index contributed by atoms with van der Waals surface area (Å²) in [7, 11) is 0. The first kappa shape index (κ1) is 14.3. The lowest BCUT2D eigenvalue weighted by atomic mass is 9.71. The molecule has 0 spiro atoms. The Morgan fingerprint density at radius 3 is 2.84 bits per heavy atom. The quantitative estimate of drug-likeness (QED) is 0.900. The number of benzene rings is 1. The van der Waals surface area contributed by atoms with Crippen LogP contribution in [0.15, 0.2) is 24.3 Å². The Morgan fingerprint density at radius 1 is 1.42 bits per heavy atom. The van der Waals surface area contributed by atoms with E-state index in [1.165, 1.54) is 18.4 Å². The molecule has 104 valence electrons. The van der Waals surface area contributed by atoms with Crippen molar-refractivity contribution >= 4 is 5.78 Å². The molecule has 2 rings (SSSR count). The molecule has 1 saturated heterocycles.